The Hall–Kier alpha value is -2.49. The molecule has 0 saturated carbocycles. The molecule has 0 saturated heterocycles. The number of azo groups is 1. The molecule has 122 valence electrons. The van der Waals surface area contributed by atoms with Crippen LogP contribution in [0, 0.1) is 0 Å². The minimum Gasteiger partial charge on any atom is -0.506 e. The molecule has 0 aliphatic rings. The lowest BCUT2D eigenvalue weighted by Gasteiger charge is -2.03. The van der Waals surface area contributed by atoms with Crippen molar-refractivity contribution in [3.8, 4) is 5.75 Å². The molecule has 2 rings (SSSR count). The Labute approximate surface area is 137 Å². The Morgan fingerprint density at radius 2 is 1.78 bits per heavy atom. The molecule has 0 amide bonds. The summed E-state index contributed by atoms with van der Waals surface area (Å²) in [5, 5.41) is 18.1. The smallest absolute Gasteiger partial charge is 0.159 e. The van der Waals surface area contributed by atoms with Crippen LogP contribution in [0.2, 0.25) is 0 Å². The number of nitrogens with zero attached hydrogens (tertiary/aromatic N) is 2. The molecule has 0 aliphatic carbocycles. The lowest BCUT2D eigenvalue weighted by Crippen LogP contribution is -1.89. The lowest BCUT2D eigenvalue weighted by atomic mass is 10.1. The summed E-state index contributed by atoms with van der Waals surface area (Å²) in [6.07, 6.45) is 3.20. The molecule has 0 heterocycles. The number of unbranched alkanes of at least 4 members (excludes halogenated alkanes) is 1. The fourth-order valence-corrected chi connectivity index (χ4v) is 2.06. The maximum atomic E-state index is 11.2. The first-order valence-corrected chi connectivity index (χ1v) is 7.45. The molecule has 0 aromatic heterocycles. The fraction of sp³-hybridized carbons (Fsp3) is 0.316. The van der Waals surface area contributed by atoms with Gasteiger partial charge in [0.1, 0.15) is 11.4 Å². The third kappa shape index (κ3) is 5.33. The minimum atomic E-state index is 0. The van der Waals surface area contributed by atoms with E-state index in [-0.39, 0.29) is 19.0 Å². The van der Waals surface area contributed by atoms with E-state index in [1.807, 2.05) is 12.1 Å². The molecule has 0 radical (unpaired) electrons. The van der Waals surface area contributed by atoms with E-state index in [0.717, 1.165) is 24.8 Å². The lowest BCUT2D eigenvalue weighted by molar-refractivity contribution is 0.101. The summed E-state index contributed by atoms with van der Waals surface area (Å²) in [5.74, 6) is 0.133. The first-order chi connectivity index (χ1) is 10.6. The van der Waals surface area contributed by atoms with E-state index >= 15 is 0 Å². The largest absolute Gasteiger partial charge is 0.506 e. The summed E-state index contributed by atoms with van der Waals surface area (Å²) in [6.45, 7) is 3.67. The summed E-state index contributed by atoms with van der Waals surface area (Å²) in [4.78, 5) is 11.2. The predicted molar refractivity (Wildman–Crippen MR) is 94.1 cm³/mol. The zero-order valence-corrected chi connectivity index (χ0v) is 12.9. The van der Waals surface area contributed by atoms with Gasteiger partial charge >= 0.3 is 0 Å². The van der Waals surface area contributed by atoms with Gasteiger partial charge in [0.2, 0.25) is 0 Å². The maximum Gasteiger partial charge on any atom is 0.159 e. The molecular weight excluding hydrogens is 288 g/mol. The van der Waals surface area contributed by atoms with Crippen molar-refractivity contribution >= 4 is 17.2 Å². The fourth-order valence-electron chi connectivity index (χ4n) is 2.06. The summed E-state index contributed by atoms with van der Waals surface area (Å²) in [5.41, 5.74) is 2.89. The van der Waals surface area contributed by atoms with Gasteiger partial charge in [-0.2, -0.15) is 5.11 Å². The SMILES string of the molecule is C.CCCCc1ccc(O)c(N=Nc2ccc(C(C)=O)cc2)c1. The number of phenolic OH excluding ortho intramolecular Hbond substituents is 1. The minimum absolute atomic E-state index is 0. The molecule has 0 aliphatic heterocycles. The Bertz CT molecular complexity index is 676. The maximum absolute atomic E-state index is 11.2. The number of hydrogen-bond acceptors (Lipinski definition) is 4. The molecule has 0 unspecified atom stereocenters. The standard InChI is InChI=1S/C18H20N2O2.CH4/c1-3-4-5-14-6-11-18(22)17(12-14)20-19-16-9-7-15(8-10-16)13(2)21;/h6-12,22H,3-5H2,1-2H3;1H4. The van der Waals surface area contributed by atoms with Crippen LogP contribution < -0.4 is 0 Å². The molecule has 1 N–H and O–H groups in total. The van der Waals surface area contributed by atoms with Gasteiger partial charge < -0.3 is 5.11 Å². The van der Waals surface area contributed by atoms with Crippen molar-refractivity contribution in [2.75, 3.05) is 0 Å². The summed E-state index contributed by atoms with van der Waals surface area (Å²) < 4.78 is 0. The summed E-state index contributed by atoms with van der Waals surface area (Å²) >= 11 is 0. The first-order valence-electron chi connectivity index (χ1n) is 7.45. The second-order valence-electron chi connectivity index (χ2n) is 5.23. The molecule has 2 aromatic carbocycles. The predicted octanol–water partition coefficient (Wildman–Crippen LogP) is 5.99. The third-order valence-electron chi connectivity index (χ3n) is 3.41. The number of hydrogen-bond donors (Lipinski definition) is 1. The van der Waals surface area contributed by atoms with Crippen molar-refractivity contribution in [1.29, 1.82) is 0 Å². The number of Topliss-reactive ketones (excluding diaryl/α,β-unsaturated/α-hetero) is 1. The zero-order chi connectivity index (χ0) is 15.9. The highest BCUT2D eigenvalue weighted by atomic mass is 16.3. The molecule has 4 nitrogen and oxygen atoms in total. The zero-order valence-electron chi connectivity index (χ0n) is 12.9. The number of ketones is 1. The van der Waals surface area contributed by atoms with Crippen molar-refractivity contribution in [3.05, 3.63) is 53.6 Å². The third-order valence-corrected chi connectivity index (χ3v) is 3.41. The van der Waals surface area contributed by atoms with Crippen LogP contribution in [0.4, 0.5) is 11.4 Å². The molecule has 0 atom stereocenters. The van der Waals surface area contributed by atoms with E-state index in [1.165, 1.54) is 6.92 Å². The van der Waals surface area contributed by atoms with Crippen molar-refractivity contribution in [3.63, 3.8) is 0 Å². The number of phenols is 1. The normalized spacial score (nSPS) is 10.5. The van der Waals surface area contributed by atoms with E-state index in [9.17, 15) is 9.90 Å². The van der Waals surface area contributed by atoms with Gasteiger partial charge in [0.15, 0.2) is 5.78 Å². The van der Waals surface area contributed by atoms with Crippen LogP contribution in [-0.4, -0.2) is 10.9 Å². The topological polar surface area (TPSA) is 62.0 Å². The second kappa shape index (κ2) is 8.83. The highest BCUT2D eigenvalue weighted by molar-refractivity contribution is 5.94. The quantitative estimate of drug-likeness (QED) is 0.526. The Balaban J connectivity index is 0.00000264. The van der Waals surface area contributed by atoms with Gasteiger partial charge in [0, 0.05) is 5.56 Å². The Kier molecular flexibility index (Phi) is 7.13. The number of rotatable bonds is 6. The van der Waals surface area contributed by atoms with E-state index < -0.39 is 0 Å². The summed E-state index contributed by atoms with van der Waals surface area (Å²) in [7, 11) is 0. The monoisotopic (exact) mass is 312 g/mol. The Morgan fingerprint density at radius 3 is 2.39 bits per heavy atom. The Morgan fingerprint density at radius 1 is 1.09 bits per heavy atom. The number of aryl methyl sites for hydroxylation is 1. The second-order valence-corrected chi connectivity index (χ2v) is 5.23. The number of benzene rings is 2. The molecule has 0 spiro atoms. The van der Waals surface area contributed by atoms with Gasteiger partial charge in [-0.1, -0.05) is 26.8 Å². The van der Waals surface area contributed by atoms with Crippen LogP contribution in [0.3, 0.4) is 0 Å². The van der Waals surface area contributed by atoms with Crippen LogP contribution in [0.5, 0.6) is 5.75 Å². The molecule has 0 fully saturated rings. The average molecular weight is 312 g/mol. The highest BCUT2D eigenvalue weighted by Gasteiger charge is 2.03. The van der Waals surface area contributed by atoms with Gasteiger partial charge in [0.05, 0.1) is 5.69 Å². The van der Waals surface area contributed by atoms with Crippen LogP contribution in [0.15, 0.2) is 52.7 Å². The number of carbonyl (C=O) groups is 1. The molecular formula is C19H24N2O2. The van der Waals surface area contributed by atoms with Crippen LogP contribution >= 0.6 is 0 Å². The number of aromatic hydroxyl groups is 1. The average Bonchev–Trinajstić information content (AvgIpc) is 2.53. The highest BCUT2D eigenvalue weighted by Crippen LogP contribution is 2.29. The molecule has 0 bridgehead atoms. The molecule has 2 aromatic rings. The van der Waals surface area contributed by atoms with E-state index in [0.29, 0.717) is 16.9 Å². The van der Waals surface area contributed by atoms with Crippen LogP contribution in [0.25, 0.3) is 0 Å². The van der Waals surface area contributed by atoms with Crippen molar-refractivity contribution < 1.29 is 9.90 Å². The molecule has 23 heavy (non-hydrogen) atoms. The van der Waals surface area contributed by atoms with E-state index in [1.54, 1.807) is 30.3 Å². The van der Waals surface area contributed by atoms with Gasteiger partial charge in [0.25, 0.3) is 0 Å². The van der Waals surface area contributed by atoms with Crippen LogP contribution in [-0.2, 0) is 6.42 Å². The summed E-state index contributed by atoms with van der Waals surface area (Å²) in [6, 6.07) is 12.3. The number of carbonyl (C=O) groups excluding carboxylic acids is 1. The van der Waals surface area contributed by atoms with Gasteiger partial charge in [-0.15, -0.1) is 5.11 Å². The van der Waals surface area contributed by atoms with Crippen molar-refractivity contribution in [1.82, 2.24) is 0 Å². The molecule has 4 heteroatoms. The van der Waals surface area contributed by atoms with Crippen molar-refractivity contribution in [2.45, 2.75) is 40.5 Å². The first kappa shape index (κ1) is 18.6. The van der Waals surface area contributed by atoms with Crippen LogP contribution in [0.1, 0.15) is 50.0 Å². The van der Waals surface area contributed by atoms with Gasteiger partial charge in [-0.25, -0.2) is 0 Å². The van der Waals surface area contributed by atoms with Gasteiger partial charge in [-0.05, 0) is 61.7 Å². The van der Waals surface area contributed by atoms with E-state index in [2.05, 4.69) is 17.2 Å². The van der Waals surface area contributed by atoms with Crippen molar-refractivity contribution in [2.24, 2.45) is 10.2 Å². The van der Waals surface area contributed by atoms with E-state index in [4.69, 9.17) is 0 Å². The van der Waals surface area contributed by atoms with Gasteiger partial charge in [-0.3, -0.25) is 4.79 Å².